The van der Waals surface area contributed by atoms with E-state index in [1.807, 2.05) is 12.1 Å². The summed E-state index contributed by atoms with van der Waals surface area (Å²) in [5.74, 6) is 0.713. The van der Waals surface area contributed by atoms with E-state index in [1.54, 1.807) is 7.11 Å². The quantitative estimate of drug-likeness (QED) is 0.870. The molecule has 1 aromatic rings. The molecule has 1 aromatic carbocycles. The predicted octanol–water partition coefficient (Wildman–Crippen LogP) is 1.49. The molecule has 0 radical (unpaired) electrons. The van der Waals surface area contributed by atoms with Crippen LogP contribution in [0.2, 0.25) is 5.02 Å². The number of nitrogens with zero attached hydrogens (tertiary/aromatic N) is 1. The minimum Gasteiger partial charge on any atom is -0.495 e. The number of likely N-dealkylation sites (N-methyl/N-ethyl adjacent to an activating group) is 1. The summed E-state index contributed by atoms with van der Waals surface area (Å²) in [4.78, 5) is 2.25. The Morgan fingerprint density at radius 1 is 1.50 bits per heavy atom. The zero-order chi connectivity index (χ0) is 11.8. The molecule has 0 amide bonds. The first-order valence-electron chi connectivity index (χ1n) is 5.34. The average Bonchev–Trinajstić information content (AvgIpc) is 2.24. The molecule has 0 aliphatic carbocycles. The van der Waals surface area contributed by atoms with Gasteiger partial charge in [-0.25, -0.2) is 0 Å². The second kappa shape index (κ2) is 4.24. The van der Waals surface area contributed by atoms with E-state index in [0.29, 0.717) is 17.3 Å². The number of halogens is 1. The van der Waals surface area contributed by atoms with Gasteiger partial charge in [0.2, 0.25) is 0 Å². The number of hydrogen-bond donors (Lipinski definition) is 1. The molecule has 16 heavy (non-hydrogen) atoms. The van der Waals surface area contributed by atoms with Crippen molar-refractivity contribution in [3.63, 3.8) is 0 Å². The Labute approximate surface area is 101 Å². The van der Waals surface area contributed by atoms with Crippen molar-refractivity contribution in [2.75, 3.05) is 33.8 Å². The first kappa shape index (κ1) is 11.7. The van der Waals surface area contributed by atoms with E-state index in [9.17, 15) is 0 Å². The number of nitrogens with two attached hydrogens (primary N) is 1. The maximum atomic E-state index is 6.13. The maximum Gasteiger partial charge on any atom is 0.137 e. The Morgan fingerprint density at radius 3 is 2.62 bits per heavy atom. The molecular weight excluding hydrogens is 224 g/mol. The van der Waals surface area contributed by atoms with Gasteiger partial charge in [0.05, 0.1) is 12.1 Å². The SMILES string of the molecule is COc1ccc(C2(CN)CN(C)C2)cc1Cl. The highest BCUT2D eigenvalue weighted by atomic mass is 35.5. The summed E-state index contributed by atoms with van der Waals surface area (Å²) in [5.41, 5.74) is 7.16. The van der Waals surface area contributed by atoms with Gasteiger partial charge >= 0.3 is 0 Å². The van der Waals surface area contributed by atoms with Gasteiger partial charge in [-0.2, -0.15) is 0 Å². The molecule has 1 aliphatic heterocycles. The van der Waals surface area contributed by atoms with E-state index in [4.69, 9.17) is 22.1 Å². The fourth-order valence-corrected chi connectivity index (χ4v) is 2.67. The minimum atomic E-state index is 0.0741. The largest absolute Gasteiger partial charge is 0.495 e. The average molecular weight is 241 g/mol. The molecule has 1 fully saturated rings. The zero-order valence-corrected chi connectivity index (χ0v) is 10.4. The van der Waals surface area contributed by atoms with Gasteiger partial charge < -0.3 is 15.4 Å². The van der Waals surface area contributed by atoms with E-state index in [-0.39, 0.29) is 5.41 Å². The Kier molecular flexibility index (Phi) is 3.10. The first-order chi connectivity index (χ1) is 7.61. The molecule has 0 spiro atoms. The Balaban J connectivity index is 2.30. The number of benzene rings is 1. The molecule has 0 atom stereocenters. The van der Waals surface area contributed by atoms with Crippen LogP contribution in [0.3, 0.4) is 0 Å². The lowest BCUT2D eigenvalue weighted by Gasteiger charge is -2.48. The summed E-state index contributed by atoms with van der Waals surface area (Å²) in [7, 11) is 3.72. The summed E-state index contributed by atoms with van der Waals surface area (Å²) in [6.45, 7) is 2.64. The van der Waals surface area contributed by atoms with E-state index >= 15 is 0 Å². The van der Waals surface area contributed by atoms with Crippen LogP contribution in [0.4, 0.5) is 0 Å². The third kappa shape index (κ3) is 1.79. The van der Waals surface area contributed by atoms with Crippen LogP contribution >= 0.6 is 11.6 Å². The summed E-state index contributed by atoms with van der Waals surface area (Å²) >= 11 is 6.13. The molecule has 1 aliphatic rings. The number of methoxy groups -OCH3 is 1. The molecule has 4 heteroatoms. The van der Waals surface area contributed by atoms with Crippen molar-refractivity contribution in [1.29, 1.82) is 0 Å². The van der Waals surface area contributed by atoms with Crippen LogP contribution < -0.4 is 10.5 Å². The Bertz CT molecular complexity index is 389. The molecule has 2 rings (SSSR count). The lowest BCUT2D eigenvalue weighted by atomic mass is 9.74. The van der Waals surface area contributed by atoms with E-state index in [2.05, 4.69) is 18.0 Å². The highest BCUT2D eigenvalue weighted by molar-refractivity contribution is 6.32. The third-order valence-electron chi connectivity index (χ3n) is 3.30. The molecule has 1 saturated heterocycles. The van der Waals surface area contributed by atoms with Crippen LogP contribution in [-0.2, 0) is 5.41 Å². The van der Waals surface area contributed by atoms with Gasteiger partial charge in [0.25, 0.3) is 0 Å². The van der Waals surface area contributed by atoms with Gasteiger partial charge in [0.15, 0.2) is 0 Å². The van der Waals surface area contributed by atoms with Crippen molar-refractivity contribution in [1.82, 2.24) is 4.90 Å². The fourth-order valence-electron chi connectivity index (χ4n) is 2.41. The summed E-state index contributed by atoms with van der Waals surface area (Å²) in [6, 6.07) is 5.94. The first-order valence-corrected chi connectivity index (χ1v) is 5.72. The highest BCUT2D eigenvalue weighted by Gasteiger charge is 2.41. The van der Waals surface area contributed by atoms with Crippen LogP contribution in [0.5, 0.6) is 5.75 Å². The van der Waals surface area contributed by atoms with Gasteiger partial charge in [-0.1, -0.05) is 17.7 Å². The molecule has 3 nitrogen and oxygen atoms in total. The lowest BCUT2D eigenvalue weighted by Crippen LogP contribution is -2.61. The second-order valence-corrected chi connectivity index (χ2v) is 4.91. The zero-order valence-electron chi connectivity index (χ0n) is 9.66. The fraction of sp³-hybridized carbons (Fsp3) is 0.500. The molecule has 0 unspecified atom stereocenters. The van der Waals surface area contributed by atoms with Crippen LogP contribution in [0.25, 0.3) is 0 Å². The number of hydrogen-bond acceptors (Lipinski definition) is 3. The molecule has 88 valence electrons. The lowest BCUT2D eigenvalue weighted by molar-refractivity contribution is 0.100. The van der Waals surface area contributed by atoms with Crippen LogP contribution in [0.1, 0.15) is 5.56 Å². The van der Waals surface area contributed by atoms with E-state index in [0.717, 1.165) is 13.1 Å². The van der Waals surface area contributed by atoms with Crippen LogP contribution in [0, 0.1) is 0 Å². The van der Waals surface area contributed by atoms with Crippen LogP contribution in [0.15, 0.2) is 18.2 Å². The second-order valence-electron chi connectivity index (χ2n) is 4.51. The highest BCUT2D eigenvalue weighted by Crippen LogP contribution is 2.36. The van der Waals surface area contributed by atoms with Gasteiger partial charge in [-0.3, -0.25) is 0 Å². The Hall–Kier alpha value is -0.770. The topological polar surface area (TPSA) is 38.5 Å². The standard InChI is InChI=1S/C12H17ClN2O/c1-15-7-12(6-14,8-15)9-3-4-11(16-2)10(13)5-9/h3-5H,6-8,14H2,1-2H3. The van der Waals surface area contributed by atoms with Gasteiger partial charge in [-0.15, -0.1) is 0 Å². The summed E-state index contributed by atoms with van der Waals surface area (Å²) in [6.07, 6.45) is 0. The van der Waals surface area contributed by atoms with Crippen molar-refractivity contribution in [3.8, 4) is 5.75 Å². The Morgan fingerprint density at radius 2 is 2.19 bits per heavy atom. The van der Waals surface area contributed by atoms with E-state index < -0.39 is 0 Å². The predicted molar refractivity (Wildman–Crippen MR) is 66.2 cm³/mol. The number of ether oxygens (including phenoxy) is 1. The maximum absolute atomic E-state index is 6.13. The van der Waals surface area contributed by atoms with E-state index in [1.165, 1.54) is 5.56 Å². The third-order valence-corrected chi connectivity index (χ3v) is 3.60. The van der Waals surface area contributed by atoms with Crippen molar-refractivity contribution in [2.24, 2.45) is 5.73 Å². The summed E-state index contributed by atoms with van der Waals surface area (Å²) in [5, 5.41) is 0.655. The monoisotopic (exact) mass is 240 g/mol. The number of likely N-dealkylation sites (tertiary alicyclic amines) is 1. The smallest absolute Gasteiger partial charge is 0.137 e. The molecular formula is C12H17ClN2O. The van der Waals surface area contributed by atoms with Crippen molar-refractivity contribution in [2.45, 2.75) is 5.41 Å². The van der Waals surface area contributed by atoms with Crippen molar-refractivity contribution in [3.05, 3.63) is 28.8 Å². The van der Waals surface area contributed by atoms with Gasteiger partial charge in [0.1, 0.15) is 5.75 Å². The van der Waals surface area contributed by atoms with Crippen LogP contribution in [-0.4, -0.2) is 38.7 Å². The molecule has 1 heterocycles. The molecule has 2 N–H and O–H groups in total. The molecule has 0 bridgehead atoms. The summed E-state index contributed by atoms with van der Waals surface area (Å²) < 4.78 is 5.15. The molecule has 0 aromatic heterocycles. The van der Waals surface area contributed by atoms with Gasteiger partial charge in [0, 0.05) is 25.0 Å². The molecule has 0 saturated carbocycles. The minimum absolute atomic E-state index is 0.0741. The van der Waals surface area contributed by atoms with Crippen molar-refractivity contribution >= 4 is 11.6 Å². The van der Waals surface area contributed by atoms with Crippen molar-refractivity contribution < 1.29 is 4.74 Å². The normalized spacial score (nSPS) is 19.2. The number of rotatable bonds is 3. The van der Waals surface area contributed by atoms with Gasteiger partial charge in [-0.05, 0) is 24.7 Å².